The molecule has 0 aromatic rings. The summed E-state index contributed by atoms with van der Waals surface area (Å²) in [7, 11) is 1.48. The fourth-order valence-electron chi connectivity index (χ4n) is 4.15. The smallest absolute Gasteiger partial charge is 0.307 e. The van der Waals surface area contributed by atoms with E-state index in [-0.39, 0.29) is 11.6 Å². The van der Waals surface area contributed by atoms with E-state index in [1.54, 1.807) is 0 Å². The lowest BCUT2D eigenvalue weighted by atomic mass is 9.86. The van der Waals surface area contributed by atoms with Crippen molar-refractivity contribution in [3.05, 3.63) is 0 Å². The third kappa shape index (κ3) is 3.41. The van der Waals surface area contributed by atoms with Gasteiger partial charge in [-0.15, -0.1) is 0 Å². The molecule has 0 aromatic carbocycles. The summed E-state index contributed by atoms with van der Waals surface area (Å²) < 4.78 is 16.5. The Bertz CT molecular complexity index is 367. The Labute approximate surface area is 126 Å². The second-order valence-corrected chi connectivity index (χ2v) is 6.65. The summed E-state index contributed by atoms with van der Waals surface area (Å²) in [6.45, 7) is 3.47. The molecule has 0 amide bonds. The Morgan fingerprint density at radius 2 is 2.24 bits per heavy atom. The molecule has 5 heteroatoms. The largest absolute Gasteiger partial charge is 0.469 e. The van der Waals surface area contributed by atoms with Gasteiger partial charge < -0.3 is 14.2 Å². The van der Waals surface area contributed by atoms with Gasteiger partial charge in [0.2, 0.25) is 0 Å². The maximum Gasteiger partial charge on any atom is 0.307 e. The first kappa shape index (κ1) is 15.3. The van der Waals surface area contributed by atoms with Crippen molar-refractivity contribution in [2.45, 2.75) is 62.6 Å². The fourth-order valence-corrected chi connectivity index (χ4v) is 4.15. The molecule has 120 valence electrons. The molecule has 0 bridgehead atoms. The average molecular weight is 297 g/mol. The van der Waals surface area contributed by atoms with Crippen LogP contribution in [0.25, 0.3) is 0 Å². The van der Waals surface area contributed by atoms with Gasteiger partial charge in [0.05, 0.1) is 25.7 Å². The highest BCUT2D eigenvalue weighted by molar-refractivity contribution is 5.69. The zero-order chi connectivity index (χ0) is 14.7. The molecule has 0 aliphatic carbocycles. The van der Waals surface area contributed by atoms with Crippen molar-refractivity contribution in [1.29, 1.82) is 0 Å². The first-order valence-corrected chi connectivity index (χ1v) is 8.27. The van der Waals surface area contributed by atoms with Crippen LogP contribution in [-0.2, 0) is 19.0 Å². The minimum Gasteiger partial charge on any atom is -0.469 e. The number of ether oxygens (including phenoxy) is 3. The van der Waals surface area contributed by atoms with E-state index >= 15 is 0 Å². The van der Waals surface area contributed by atoms with E-state index in [1.165, 1.54) is 20.0 Å². The van der Waals surface area contributed by atoms with Gasteiger partial charge in [-0.3, -0.25) is 9.69 Å². The molecule has 0 N–H and O–H groups in total. The van der Waals surface area contributed by atoms with Gasteiger partial charge in [-0.1, -0.05) is 6.42 Å². The predicted molar refractivity (Wildman–Crippen MR) is 78.1 cm³/mol. The Morgan fingerprint density at radius 3 is 3.00 bits per heavy atom. The van der Waals surface area contributed by atoms with Crippen LogP contribution in [0.2, 0.25) is 0 Å². The molecule has 21 heavy (non-hydrogen) atoms. The highest BCUT2D eigenvalue weighted by Crippen LogP contribution is 2.37. The molecular weight excluding hydrogens is 270 g/mol. The third-order valence-electron chi connectivity index (χ3n) is 5.31. The van der Waals surface area contributed by atoms with Gasteiger partial charge in [-0.2, -0.15) is 0 Å². The summed E-state index contributed by atoms with van der Waals surface area (Å²) >= 11 is 0. The van der Waals surface area contributed by atoms with Gasteiger partial charge in [0.1, 0.15) is 0 Å². The lowest BCUT2D eigenvalue weighted by Gasteiger charge is -2.46. The minimum absolute atomic E-state index is 0.0593. The van der Waals surface area contributed by atoms with Crippen LogP contribution in [0, 0.1) is 0 Å². The maximum atomic E-state index is 11.7. The molecule has 3 fully saturated rings. The molecule has 3 atom stereocenters. The number of carbonyl (C=O) groups excluding carboxylic acids is 1. The van der Waals surface area contributed by atoms with Crippen LogP contribution < -0.4 is 0 Å². The van der Waals surface area contributed by atoms with Crippen LogP contribution in [0.3, 0.4) is 0 Å². The molecule has 0 aromatic heterocycles. The lowest BCUT2D eigenvalue weighted by Crippen LogP contribution is -2.54. The highest BCUT2D eigenvalue weighted by atomic mass is 16.6. The summed E-state index contributed by atoms with van der Waals surface area (Å²) in [6, 6.07) is 0.865. The number of hydrogen-bond acceptors (Lipinski definition) is 5. The summed E-state index contributed by atoms with van der Waals surface area (Å²) in [5, 5.41) is 0. The van der Waals surface area contributed by atoms with E-state index in [4.69, 9.17) is 14.2 Å². The molecule has 1 spiro atoms. The van der Waals surface area contributed by atoms with Crippen molar-refractivity contribution in [3.63, 3.8) is 0 Å². The topological polar surface area (TPSA) is 48.0 Å². The highest BCUT2D eigenvalue weighted by Gasteiger charge is 2.44. The average Bonchev–Trinajstić information content (AvgIpc) is 2.95. The molecule has 3 saturated heterocycles. The van der Waals surface area contributed by atoms with Crippen molar-refractivity contribution in [3.8, 4) is 0 Å². The van der Waals surface area contributed by atoms with Crippen molar-refractivity contribution in [1.82, 2.24) is 4.90 Å². The van der Waals surface area contributed by atoms with Gasteiger partial charge in [0, 0.05) is 31.7 Å². The number of rotatable bonds is 3. The zero-order valence-electron chi connectivity index (χ0n) is 13.0. The summed E-state index contributed by atoms with van der Waals surface area (Å²) in [5.41, 5.74) is -0.0593. The van der Waals surface area contributed by atoms with E-state index in [9.17, 15) is 4.79 Å². The van der Waals surface area contributed by atoms with E-state index in [0.29, 0.717) is 18.5 Å². The molecule has 0 saturated carbocycles. The van der Waals surface area contributed by atoms with Crippen molar-refractivity contribution in [2.75, 3.05) is 33.5 Å². The predicted octanol–water partition coefficient (Wildman–Crippen LogP) is 1.74. The van der Waals surface area contributed by atoms with Crippen LogP contribution >= 0.6 is 0 Å². The number of hydrogen-bond donors (Lipinski definition) is 0. The molecule has 3 rings (SSSR count). The van der Waals surface area contributed by atoms with Gasteiger partial charge in [-0.25, -0.2) is 0 Å². The molecular formula is C16H27NO4. The molecule has 3 aliphatic rings. The Kier molecular flexibility index (Phi) is 4.82. The summed E-state index contributed by atoms with van der Waals surface area (Å²) in [4.78, 5) is 14.2. The maximum absolute atomic E-state index is 11.7. The normalized spacial score (nSPS) is 37.8. The van der Waals surface area contributed by atoms with Crippen molar-refractivity contribution >= 4 is 5.97 Å². The second kappa shape index (κ2) is 6.63. The van der Waals surface area contributed by atoms with Gasteiger partial charge in [0.25, 0.3) is 0 Å². The number of esters is 1. The zero-order valence-corrected chi connectivity index (χ0v) is 13.0. The van der Waals surface area contributed by atoms with Gasteiger partial charge in [0.15, 0.2) is 0 Å². The number of carbonyl (C=O) groups is 1. The van der Waals surface area contributed by atoms with Gasteiger partial charge in [-0.05, 0) is 32.2 Å². The number of nitrogens with zero attached hydrogens (tertiary/aromatic N) is 1. The minimum atomic E-state index is -0.0853. The Balaban J connectivity index is 1.66. The molecule has 0 radical (unpaired) electrons. The second-order valence-electron chi connectivity index (χ2n) is 6.65. The van der Waals surface area contributed by atoms with Crippen LogP contribution in [0.15, 0.2) is 0 Å². The molecule has 3 unspecified atom stereocenters. The van der Waals surface area contributed by atoms with E-state index in [1.807, 2.05) is 0 Å². The third-order valence-corrected chi connectivity index (χ3v) is 5.31. The van der Waals surface area contributed by atoms with Crippen LogP contribution in [0.1, 0.15) is 44.9 Å². The first-order chi connectivity index (χ1) is 10.2. The molecule has 5 nitrogen and oxygen atoms in total. The SMILES string of the molecule is COC(=O)CC1CCCCN1C1CCOC2(CCOC2)C1. The van der Waals surface area contributed by atoms with Crippen molar-refractivity contribution < 1.29 is 19.0 Å². The molecule has 3 aliphatic heterocycles. The number of likely N-dealkylation sites (tertiary alicyclic amines) is 1. The van der Waals surface area contributed by atoms with Crippen LogP contribution in [-0.4, -0.2) is 62.0 Å². The number of methoxy groups -OCH3 is 1. The fraction of sp³-hybridized carbons (Fsp3) is 0.938. The number of piperidine rings is 1. The standard InChI is InChI=1S/C16H27NO4/c1-19-15(18)10-13-4-2-3-7-17(13)14-5-8-21-16(11-14)6-9-20-12-16/h13-14H,2-12H2,1H3. The van der Waals surface area contributed by atoms with Crippen LogP contribution in [0.5, 0.6) is 0 Å². The van der Waals surface area contributed by atoms with E-state index in [2.05, 4.69) is 4.90 Å². The van der Waals surface area contributed by atoms with Gasteiger partial charge >= 0.3 is 5.97 Å². The Morgan fingerprint density at radius 1 is 1.33 bits per heavy atom. The molecule has 3 heterocycles. The van der Waals surface area contributed by atoms with E-state index in [0.717, 1.165) is 52.0 Å². The first-order valence-electron chi connectivity index (χ1n) is 8.27. The van der Waals surface area contributed by atoms with E-state index < -0.39 is 0 Å². The summed E-state index contributed by atoms with van der Waals surface area (Å²) in [5.74, 6) is -0.0853. The lowest BCUT2D eigenvalue weighted by molar-refractivity contribution is -0.144. The summed E-state index contributed by atoms with van der Waals surface area (Å²) in [6.07, 6.45) is 7.21. The Hall–Kier alpha value is -0.650. The monoisotopic (exact) mass is 297 g/mol. The quantitative estimate of drug-likeness (QED) is 0.743. The van der Waals surface area contributed by atoms with Crippen molar-refractivity contribution in [2.24, 2.45) is 0 Å². The van der Waals surface area contributed by atoms with Crippen LogP contribution in [0.4, 0.5) is 0 Å².